The first kappa shape index (κ1) is 39.1. The van der Waals surface area contributed by atoms with Crippen LogP contribution in [0.1, 0.15) is 0 Å². The third kappa shape index (κ3) is 6.66. The number of rotatable bonds is 8. The van der Waals surface area contributed by atoms with E-state index in [1.165, 1.54) is 43.8 Å². The van der Waals surface area contributed by atoms with Crippen molar-refractivity contribution in [1.82, 2.24) is 29.1 Å². The number of para-hydroxylation sites is 2. The van der Waals surface area contributed by atoms with E-state index in [2.05, 4.69) is 179 Å². The molecule has 0 aliphatic rings. The Morgan fingerprint density at radius 2 is 0.676 bits per heavy atom. The summed E-state index contributed by atoms with van der Waals surface area (Å²) in [5.41, 5.74) is 15.8. The standard InChI is InChI=1S/C62H40N6/c1-5-17-41(18-6-1)45-29-32-56-51(37-45)48-25-13-15-27-54(48)67(56)57-34-31-47(62-65-60(43-21-9-3-10-22-43)64-61(66-62)44-23-11-4-12-24-44)39-53(57)50-35-36-63-40-59(50)68-55-28-16-14-26-49(55)52-38-46(30-33-58(52)68)42-19-7-2-8-20-42/h1-40H. The van der Waals surface area contributed by atoms with Crippen LogP contribution < -0.4 is 0 Å². The molecule has 0 saturated heterocycles. The van der Waals surface area contributed by atoms with Gasteiger partial charge in [-0.3, -0.25) is 4.98 Å². The molecule has 0 unspecified atom stereocenters. The van der Waals surface area contributed by atoms with E-state index in [-0.39, 0.29) is 0 Å². The summed E-state index contributed by atoms with van der Waals surface area (Å²) in [5, 5.41) is 4.71. The van der Waals surface area contributed by atoms with Crippen LogP contribution in [0.5, 0.6) is 0 Å². The second kappa shape index (κ2) is 16.3. The maximum atomic E-state index is 5.21. The van der Waals surface area contributed by atoms with E-state index in [1.54, 1.807) is 0 Å². The smallest absolute Gasteiger partial charge is 0.164 e. The van der Waals surface area contributed by atoms with Crippen molar-refractivity contribution in [2.45, 2.75) is 0 Å². The van der Waals surface area contributed by atoms with Gasteiger partial charge in [0.15, 0.2) is 17.5 Å². The van der Waals surface area contributed by atoms with Gasteiger partial charge in [-0.2, -0.15) is 0 Å². The highest BCUT2D eigenvalue weighted by molar-refractivity contribution is 6.13. The lowest BCUT2D eigenvalue weighted by Gasteiger charge is -2.19. The van der Waals surface area contributed by atoms with Gasteiger partial charge < -0.3 is 9.13 Å². The summed E-state index contributed by atoms with van der Waals surface area (Å²) in [5.74, 6) is 1.81. The summed E-state index contributed by atoms with van der Waals surface area (Å²) >= 11 is 0. The average molecular weight is 869 g/mol. The van der Waals surface area contributed by atoms with Crippen LogP contribution >= 0.6 is 0 Å². The molecule has 0 spiro atoms. The molecule has 0 radical (unpaired) electrons. The highest BCUT2D eigenvalue weighted by Gasteiger charge is 2.23. The van der Waals surface area contributed by atoms with Gasteiger partial charge in [-0.15, -0.1) is 0 Å². The summed E-state index contributed by atoms with van der Waals surface area (Å²) in [4.78, 5) is 20.3. The van der Waals surface area contributed by atoms with Gasteiger partial charge in [0.2, 0.25) is 0 Å². The Kier molecular flexibility index (Phi) is 9.39. The fourth-order valence-electron chi connectivity index (χ4n) is 9.90. The van der Waals surface area contributed by atoms with Crippen LogP contribution in [0.3, 0.4) is 0 Å². The summed E-state index contributed by atoms with van der Waals surface area (Å²) in [7, 11) is 0. The van der Waals surface area contributed by atoms with E-state index >= 15 is 0 Å². The lowest BCUT2D eigenvalue weighted by Crippen LogP contribution is -2.04. The fourth-order valence-corrected chi connectivity index (χ4v) is 9.90. The topological polar surface area (TPSA) is 61.4 Å². The van der Waals surface area contributed by atoms with Crippen LogP contribution in [-0.2, 0) is 0 Å². The maximum absolute atomic E-state index is 5.21. The van der Waals surface area contributed by atoms with Crippen molar-refractivity contribution in [1.29, 1.82) is 0 Å². The van der Waals surface area contributed by atoms with Gasteiger partial charge in [0.05, 0.1) is 39.6 Å². The van der Waals surface area contributed by atoms with Crippen molar-refractivity contribution in [2.75, 3.05) is 0 Å². The molecule has 68 heavy (non-hydrogen) atoms. The third-order valence-electron chi connectivity index (χ3n) is 13.1. The molecular weight excluding hydrogens is 829 g/mol. The van der Waals surface area contributed by atoms with Crippen molar-refractivity contribution < 1.29 is 0 Å². The lowest BCUT2D eigenvalue weighted by atomic mass is 9.99. The monoisotopic (exact) mass is 868 g/mol. The Balaban J connectivity index is 1.09. The zero-order chi connectivity index (χ0) is 45.0. The number of nitrogens with zero attached hydrogens (tertiary/aromatic N) is 6. The van der Waals surface area contributed by atoms with E-state index in [0.717, 1.165) is 61.3 Å². The molecule has 0 aliphatic carbocycles. The van der Waals surface area contributed by atoms with Gasteiger partial charge in [-0.1, -0.05) is 170 Å². The first-order chi connectivity index (χ1) is 33.7. The minimum absolute atomic E-state index is 0.584. The van der Waals surface area contributed by atoms with Crippen LogP contribution in [0.15, 0.2) is 243 Å². The maximum Gasteiger partial charge on any atom is 0.164 e. The fraction of sp³-hybridized carbons (Fsp3) is 0. The summed E-state index contributed by atoms with van der Waals surface area (Å²) < 4.78 is 4.79. The quantitative estimate of drug-likeness (QED) is 0.153. The molecule has 0 atom stereocenters. The molecular formula is C62H40N6. The zero-order valence-electron chi connectivity index (χ0n) is 36.8. The van der Waals surface area contributed by atoms with Crippen molar-refractivity contribution in [2.24, 2.45) is 0 Å². The highest BCUT2D eigenvalue weighted by Crippen LogP contribution is 2.43. The molecule has 0 fully saturated rings. The molecule has 0 bridgehead atoms. The minimum atomic E-state index is 0.584. The van der Waals surface area contributed by atoms with Gasteiger partial charge in [0, 0.05) is 55.6 Å². The Labute approximate surface area is 392 Å². The molecule has 0 N–H and O–H groups in total. The van der Waals surface area contributed by atoms with Crippen LogP contribution in [0, 0.1) is 0 Å². The summed E-state index contributed by atoms with van der Waals surface area (Å²) in [6, 6.07) is 81.3. The summed E-state index contributed by atoms with van der Waals surface area (Å²) in [6.07, 6.45) is 3.91. The number of benzene rings is 9. The minimum Gasteiger partial charge on any atom is -0.309 e. The van der Waals surface area contributed by atoms with E-state index in [0.29, 0.717) is 17.5 Å². The largest absolute Gasteiger partial charge is 0.309 e. The van der Waals surface area contributed by atoms with Gasteiger partial charge >= 0.3 is 0 Å². The Morgan fingerprint density at radius 1 is 0.265 bits per heavy atom. The van der Waals surface area contributed by atoms with Crippen molar-refractivity contribution in [3.05, 3.63) is 243 Å². The van der Waals surface area contributed by atoms with Crippen LogP contribution in [0.4, 0.5) is 0 Å². The van der Waals surface area contributed by atoms with Crippen LogP contribution in [-0.4, -0.2) is 29.1 Å². The van der Waals surface area contributed by atoms with Crippen molar-refractivity contribution >= 4 is 43.6 Å². The van der Waals surface area contributed by atoms with Crippen LogP contribution in [0.2, 0.25) is 0 Å². The van der Waals surface area contributed by atoms with Gasteiger partial charge in [0.25, 0.3) is 0 Å². The number of hydrogen-bond donors (Lipinski definition) is 0. The van der Waals surface area contributed by atoms with Crippen molar-refractivity contribution in [3.63, 3.8) is 0 Å². The molecule has 318 valence electrons. The number of hydrogen-bond acceptors (Lipinski definition) is 4. The van der Waals surface area contributed by atoms with E-state index in [9.17, 15) is 0 Å². The Morgan fingerprint density at radius 3 is 1.19 bits per heavy atom. The molecule has 13 rings (SSSR count). The Bertz CT molecular complexity index is 3950. The van der Waals surface area contributed by atoms with Crippen LogP contribution in [0.25, 0.3) is 123 Å². The predicted octanol–water partition coefficient (Wildman–Crippen LogP) is 15.5. The van der Waals surface area contributed by atoms with Gasteiger partial charge in [0.1, 0.15) is 0 Å². The molecule has 0 aliphatic heterocycles. The molecule has 13 aromatic rings. The second-order valence-electron chi connectivity index (χ2n) is 17.1. The molecule has 6 nitrogen and oxygen atoms in total. The molecule has 9 aromatic carbocycles. The lowest BCUT2D eigenvalue weighted by molar-refractivity contribution is 1.07. The normalized spacial score (nSPS) is 11.5. The molecule has 4 heterocycles. The first-order valence-corrected chi connectivity index (χ1v) is 22.9. The second-order valence-corrected chi connectivity index (χ2v) is 17.1. The van der Waals surface area contributed by atoms with E-state index in [4.69, 9.17) is 19.9 Å². The molecule has 0 saturated carbocycles. The van der Waals surface area contributed by atoms with E-state index < -0.39 is 0 Å². The summed E-state index contributed by atoms with van der Waals surface area (Å²) in [6.45, 7) is 0. The average Bonchev–Trinajstić information content (AvgIpc) is 3.93. The number of pyridine rings is 1. The van der Waals surface area contributed by atoms with Gasteiger partial charge in [-0.05, 0) is 82.9 Å². The van der Waals surface area contributed by atoms with E-state index in [1.807, 2.05) is 73.1 Å². The third-order valence-corrected chi connectivity index (χ3v) is 13.1. The van der Waals surface area contributed by atoms with Gasteiger partial charge in [-0.25, -0.2) is 15.0 Å². The predicted molar refractivity (Wildman–Crippen MR) is 279 cm³/mol. The zero-order valence-corrected chi connectivity index (χ0v) is 36.8. The number of fused-ring (bicyclic) bond motifs is 6. The first-order valence-electron chi connectivity index (χ1n) is 22.9. The number of aromatic nitrogens is 6. The molecule has 6 heteroatoms. The molecule has 0 amide bonds. The highest BCUT2D eigenvalue weighted by atomic mass is 15.0. The molecule has 4 aromatic heterocycles. The van der Waals surface area contributed by atoms with Crippen molar-refractivity contribution in [3.8, 4) is 78.9 Å². The SMILES string of the molecule is c1ccc(-c2ccc3c(c2)c2ccccc2n3-c2ccc(-c3nc(-c4ccccc4)nc(-c4ccccc4)n3)cc2-c2ccncc2-n2c3ccccc3c3cc(-c4ccccc4)ccc32)cc1. The Hall–Kier alpha value is -9.26.